The van der Waals surface area contributed by atoms with Crippen LogP contribution in [0.25, 0.3) is 0 Å². The molecule has 0 unspecified atom stereocenters. The van der Waals surface area contributed by atoms with Crippen LogP contribution >= 0.6 is 0 Å². The van der Waals surface area contributed by atoms with Crippen LogP contribution in [0.4, 0.5) is 5.69 Å². The molecule has 0 aliphatic carbocycles. The van der Waals surface area contributed by atoms with E-state index in [0.717, 1.165) is 6.07 Å². The molecule has 14 heavy (non-hydrogen) atoms. The highest BCUT2D eigenvalue weighted by Crippen LogP contribution is 2.19. The molecule has 0 atom stereocenters. The van der Waals surface area contributed by atoms with Crippen molar-refractivity contribution in [1.82, 2.24) is 4.98 Å². The van der Waals surface area contributed by atoms with E-state index in [1.165, 1.54) is 13.0 Å². The summed E-state index contributed by atoms with van der Waals surface area (Å²) in [6.45, 7) is 1.51. The maximum Gasteiger partial charge on any atom is 0.308 e. The van der Waals surface area contributed by atoms with Gasteiger partial charge in [0.15, 0.2) is 0 Å². The fraction of sp³-hybridized carbons (Fsp3) is 0.167. The minimum atomic E-state index is -4.15. The molecular weight excluding hydrogens is 210 g/mol. The van der Waals surface area contributed by atoms with Gasteiger partial charge in [-0.25, -0.2) is 18.5 Å². The highest BCUT2D eigenvalue weighted by atomic mass is 32.2. The number of aryl methyl sites for hydroxylation is 1. The lowest BCUT2D eigenvalue weighted by Gasteiger charge is -1.99. The molecule has 0 spiro atoms. The average molecular weight is 217 g/mol. The number of nitro groups is 1. The Morgan fingerprint density at radius 2 is 2.07 bits per heavy atom. The first-order valence-electron chi connectivity index (χ1n) is 3.47. The van der Waals surface area contributed by atoms with E-state index >= 15 is 0 Å². The zero-order valence-electron chi connectivity index (χ0n) is 7.17. The van der Waals surface area contributed by atoms with Gasteiger partial charge < -0.3 is 0 Å². The van der Waals surface area contributed by atoms with Crippen molar-refractivity contribution >= 4 is 15.7 Å². The van der Waals surface area contributed by atoms with Crippen LogP contribution < -0.4 is 5.14 Å². The van der Waals surface area contributed by atoms with Gasteiger partial charge >= 0.3 is 5.69 Å². The molecule has 1 aromatic heterocycles. The first-order valence-corrected chi connectivity index (χ1v) is 5.02. The van der Waals surface area contributed by atoms with Crippen LogP contribution in [-0.2, 0) is 10.0 Å². The summed E-state index contributed by atoms with van der Waals surface area (Å²) in [6, 6.07) is 2.40. The normalized spacial score (nSPS) is 11.3. The van der Waals surface area contributed by atoms with Crippen LogP contribution in [0.15, 0.2) is 17.2 Å². The first kappa shape index (κ1) is 10.5. The van der Waals surface area contributed by atoms with Gasteiger partial charge in [0.25, 0.3) is 10.0 Å². The number of nitrogens with two attached hydrogens (primary N) is 1. The van der Waals surface area contributed by atoms with E-state index in [1.807, 2.05) is 0 Å². The molecule has 1 aromatic rings. The van der Waals surface area contributed by atoms with Crippen LogP contribution in [0.2, 0.25) is 0 Å². The second-order valence-corrected chi connectivity index (χ2v) is 4.06. The van der Waals surface area contributed by atoms with Gasteiger partial charge in [-0.2, -0.15) is 0 Å². The van der Waals surface area contributed by atoms with Crippen molar-refractivity contribution in [2.75, 3.05) is 0 Å². The number of primary sulfonamides is 1. The van der Waals surface area contributed by atoms with Gasteiger partial charge in [-0.1, -0.05) is 0 Å². The van der Waals surface area contributed by atoms with E-state index in [0.29, 0.717) is 5.69 Å². The molecule has 0 fully saturated rings. The van der Waals surface area contributed by atoms with E-state index in [-0.39, 0.29) is 0 Å². The summed E-state index contributed by atoms with van der Waals surface area (Å²) in [5, 5.41) is 14.5. The summed E-state index contributed by atoms with van der Waals surface area (Å²) in [6.07, 6.45) is 0. The third-order valence-corrected chi connectivity index (χ3v) is 2.29. The third-order valence-electron chi connectivity index (χ3n) is 1.45. The average Bonchev–Trinajstić information content (AvgIpc) is 2.01. The molecule has 0 radical (unpaired) electrons. The van der Waals surface area contributed by atoms with E-state index < -0.39 is 25.7 Å². The Morgan fingerprint density at radius 3 is 2.50 bits per heavy atom. The van der Waals surface area contributed by atoms with Gasteiger partial charge in [-0.15, -0.1) is 0 Å². The standard InChI is InChI=1S/C6H7N3O4S/c1-4-2-3-5(9(10)11)6(8-4)14(7,12)13/h2-3H,1H3,(H2,7,12,13). The molecule has 0 saturated heterocycles. The largest absolute Gasteiger partial charge is 0.308 e. The molecule has 0 amide bonds. The summed E-state index contributed by atoms with van der Waals surface area (Å²) in [5.74, 6) is 0. The minimum Gasteiger partial charge on any atom is -0.258 e. The summed E-state index contributed by atoms with van der Waals surface area (Å²) < 4.78 is 21.8. The summed E-state index contributed by atoms with van der Waals surface area (Å²) >= 11 is 0. The summed E-state index contributed by atoms with van der Waals surface area (Å²) in [4.78, 5) is 13.1. The lowest BCUT2D eigenvalue weighted by atomic mass is 10.3. The molecule has 0 aromatic carbocycles. The molecule has 2 N–H and O–H groups in total. The Morgan fingerprint density at radius 1 is 1.50 bits per heavy atom. The van der Waals surface area contributed by atoms with Crippen LogP contribution in [0, 0.1) is 17.0 Å². The zero-order chi connectivity index (χ0) is 10.9. The van der Waals surface area contributed by atoms with E-state index in [9.17, 15) is 18.5 Å². The number of rotatable bonds is 2. The van der Waals surface area contributed by atoms with Gasteiger partial charge in [0.05, 0.1) is 4.92 Å². The van der Waals surface area contributed by atoms with Crippen molar-refractivity contribution in [3.05, 3.63) is 27.9 Å². The first-order chi connectivity index (χ1) is 6.32. The number of nitrogens with zero attached hydrogens (tertiary/aromatic N) is 2. The Bertz CT molecular complexity index is 482. The topological polar surface area (TPSA) is 116 Å². The molecule has 1 heterocycles. The molecule has 0 bridgehead atoms. The predicted octanol–water partition coefficient (Wildman–Crippen LogP) is -0.0544. The molecule has 1 rings (SSSR count). The van der Waals surface area contributed by atoms with Gasteiger partial charge in [0.1, 0.15) is 0 Å². The van der Waals surface area contributed by atoms with Crippen molar-refractivity contribution < 1.29 is 13.3 Å². The Kier molecular flexibility index (Phi) is 2.49. The number of hydrogen-bond donors (Lipinski definition) is 1. The van der Waals surface area contributed by atoms with Crippen molar-refractivity contribution in [1.29, 1.82) is 0 Å². The van der Waals surface area contributed by atoms with Crippen molar-refractivity contribution in [3.8, 4) is 0 Å². The fourth-order valence-corrected chi connectivity index (χ4v) is 1.58. The van der Waals surface area contributed by atoms with Gasteiger partial charge in [-0.3, -0.25) is 10.1 Å². The lowest BCUT2D eigenvalue weighted by Crippen LogP contribution is -2.16. The minimum absolute atomic E-state index is 0.347. The zero-order valence-corrected chi connectivity index (χ0v) is 7.98. The monoisotopic (exact) mass is 217 g/mol. The maximum absolute atomic E-state index is 10.9. The fourth-order valence-electron chi connectivity index (χ4n) is 0.874. The number of sulfonamides is 1. The Labute approximate surface area is 79.8 Å². The second kappa shape index (κ2) is 3.31. The molecular formula is C6H7N3O4S. The summed E-state index contributed by atoms with van der Waals surface area (Å²) in [5.41, 5.74) is -0.266. The number of aromatic nitrogens is 1. The highest BCUT2D eigenvalue weighted by Gasteiger charge is 2.24. The van der Waals surface area contributed by atoms with Crippen LogP contribution in [0.1, 0.15) is 5.69 Å². The van der Waals surface area contributed by atoms with E-state index in [2.05, 4.69) is 4.98 Å². The molecule has 0 saturated carbocycles. The molecule has 0 aliphatic rings. The smallest absolute Gasteiger partial charge is 0.258 e. The quantitative estimate of drug-likeness (QED) is 0.550. The predicted molar refractivity (Wildman–Crippen MR) is 47.0 cm³/mol. The molecule has 76 valence electrons. The number of pyridine rings is 1. The van der Waals surface area contributed by atoms with Crippen LogP contribution in [-0.4, -0.2) is 18.3 Å². The molecule has 8 heteroatoms. The highest BCUT2D eigenvalue weighted by molar-refractivity contribution is 7.89. The number of hydrogen-bond acceptors (Lipinski definition) is 5. The molecule has 7 nitrogen and oxygen atoms in total. The van der Waals surface area contributed by atoms with Gasteiger partial charge in [-0.05, 0) is 13.0 Å². The summed E-state index contributed by atoms with van der Waals surface area (Å²) in [7, 11) is -4.15. The maximum atomic E-state index is 10.9. The van der Waals surface area contributed by atoms with Crippen LogP contribution in [0.3, 0.4) is 0 Å². The Hall–Kier alpha value is -1.54. The van der Waals surface area contributed by atoms with Crippen molar-refractivity contribution in [2.45, 2.75) is 11.9 Å². The van der Waals surface area contributed by atoms with Crippen molar-refractivity contribution in [3.63, 3.8) is 0 Å². The van der Waals surface area contributed by atoms with E-state index in [1.54, 1.807) is 0 Å². The van der Waals surface area contributed by atoms with Gasteiger partial charge in [0.2, 0.25) is 5.03 Å². The third kappa shape index (κ3) is 2.03. The lowest BCUT2D eigenvalue weighted by molar-refractivity contribution is -0.388. The van der Waals surface area contributed by atoms with E-state index in [4.69, 9.17) is 5.14 Å². The SMILES string of the molecule is Cc1ccc([N+](=O)[O-])c(S(N)(=O)=O)n1. The molecule has 0 aliphatic heterocycles. The van der Waals surface area contributed by atoms with Crippen LogP contribution in [0.5, 0.6) is 0 Å². The second-order valence-electron chi connectivity index (χ2n) is 2.58. The van der Waals surface area contributed by atoms with Gasteiger partial charge in [0, 0.05) is 11.8 Å². The Balaban J connectivity index is 3.54. The van der Waals surface area contributed by atoms with Crippen molar-refractivity contribution in [2.24, 2.45) is 5.14 Å².